The molecule has 2 N–H and O–H groups in total. The molecule has 0 aromatic heterocycles. The number of nitrogens with one attached hydrogen (secondary N) is 1. The summed E-state index contributed by atoms with van der Waals surface area (Å²) in [5.74, 6) is 0.633. The molecule has 20 heavy (non-hydrogen) atoms. The summed E-state index contributed by atoms with van der Waals surface area (Å²) in [5, 5.41) is 11.8. The summed E-state index contributed by atoms with van der Waals surface area (Å²) in [6, 6.07) is 0. The molecule has 1 rings (SSSR count). The van der Waals surface area contributed by atoms with Gasteiger partial charge in [-0.25, -0.2) is 0 Å². The van der Waals surface area contributed by atoms with Crippen LogP contribution in [0.2, 0.25) is 0 Å². The van der Waals surface area contributed by atoms with Crippen molar-refractivity contribution >= 4 is 11.8 Å². The van der Waals surface area contributed by atoms with Gasteiger partial charge in [-0.1, -0.05) is 20.8 Å². The van der Waals surface area contributed by atoms with Gasteiger partial charge in [0.1, 0.15) is 0 Å². The van der Waals surface area contributed by atoms with Crippen LogP contribution in [0.4, 0.5) is 0 Å². The minimum Gasteiger partial charge on any atom is -0.396 e. The highest BCUT2D eigenvalue weighted by molar-refractivity contribution is 5.81. The Morgan fingerprint density at radius 1 is 1.35 bits per heavy atom. The maximum atomic E-state index is 12.0. The topological polar surface area (TPSA) is 69.6 Å². The zero-order valence-corrected chi connectivity index (χ0v) is 12.9. The molecule has 1 aliphatic rings. The summed E-state index contributed by atoms with van der Waals surface area (Å²) in [4.78, 5) is 25.5. The molecule has 0 saturated carbocycles. The fourth-order valence-corrected chi connectivity index (χ4v) is 2.34. The fraction of sp³-hybridized carbons (Fsp3) is 0.867. The Morgan fingerprint density at radius 3 is 2.65 bits per heavy atom. The van der Waals surface area contributed by atoms with E-state index in [0.29, 0.717) is 25.3 Å². The summed E-state index contributed by atoms with van der Waals surface area (Å²) in [7, 11) is 0. The molecular formula is C15H28N2O3. The number of carbonyl (C=O) groups excluding carboxylic acids is 2. The highest BCUT2D eigenvalue weighted by Gasteiger charge is 2.25. The minimum absolute atomic E-state index is 0.0223. The van der Waals surface area contributed by atoms with E-state index in [0.717, 1.165) is 25.9 Å². The van der Waals surface area contributed by atoms with Crippen molar-refractivity contribution in [3.8, 4) is 0 Å². The first-order chi connectivity index (χ1) is 9.34. The second-order valence-corrected chi connectivity index (χ2v) is 6.62. The van der Waals surface area contributed by atoms with Crippen molar-refractivity contribution in [1.29, 1.82) is 0 Å². The third-order valence-electron chi connectivity index (χ3n) is 3.71. The average molecular weight is 284 g/mol. The average Bonchev–Trinajstić information content (AvgIpc) is 2.82. The zero-order chi connectivity index (χ0) is 15.2. The molecular weight excluding hydrogens is 256 g/mol. The minimum atomic E-state index is -0.378. The van der Waals surface area contributed by atoms with Gasteiger partial charge in [-0.2, -0.15) is 0 Å². The van der Waals surface area contributed by atoms with Crippen molar-refractivity contribution in [1.82, 2.24) is 10.2 Å². The summed E-state index contributed by atoms with van der Waals surface area (Å²) in [6.45, 7) is 7.95. The van der Waals surface area contributed by atoms with Crippen molar-refractivity contribution < 1.29 is 14.7 Å². The summed E-state index contributed by atoms with van der Waals surface area (Å²) < 4.78 is 0. The molecule has 1 heterocycles. The molecule has 5 heteroatoms. The van der Waals surface area contributed by atoms with Gasteiger partial charge in [0.2, 0.25) is 11.8 Å². The first kappa shape index (κ1) is 17.0. The summed E-state index contributed by atoms with van der Waals surface area (Å²) >= 11 is 0. The highest BCUT2D eigenvalue weighted by Crippen LogP contribution is 2.20. The Balaban J connectivity index is 2.17. The number of hydrogen-bond acceptors (Lipinski definition) is 3. The molecule has 1 fully saturated rings. The maximum Gasteiger partial charge on any atom is 0.225 e. The zero-order valence-electron chi connectivity index (χ0n) is 12.9. The number of hydrogen-bond donors (Lipinski definition) is 2. The summed E-state index contributed by atoms with van der Waals surface area (Å²) in [5.41, 5.74) is -0.378. The smallest absolute Gasteiger partial charge is 0.225 e. The lowest BCUT2D eigenvalue weighted by Gasteiger charge is -2.18. The van der Waals surface area contributed by atoms with E-state index in [1.165, 1.54) is 0 Å². The van der Waals surface area contributed by atoms with Crippen molar-refractivity contribution in [2.45, 2.75) is 46.5 Å². The second kappa shape index (κ2) is 7.62. The Hall–Kier alpha value is -1.10. The maximum absolute atomic E-state index is 12.0. The Bertz CT molecular complexity index is 337. The van der Waals surface area contributed by atoms with E-state index in [9.17, 15) is 9.59 Å². The molecule has 116 valence electrons. The molecule has 1 atom stereocenters. The van der Waals surface area contributed by atoms with Crippen molar-refractivity contribution in [3.63, 3.8) is 0 Å². The van der Waals surface area contributed by atoms with Crippen LogP contribution < -0.4 is 5.32 Å². The van der Waals surface area contributed by atoms with Crippen molar-refractivity contribution in [3.05, 3.63) is 0 Å². The highest BCUT2D eigenvalue weighted by atomic mass is 16.3. The second-order valence-electron chi connectivity index (χ2n) is 6.62. The molecule has 0 aromatic carbocycles. The van der Waals surface area contributed by atoms with Gasteiger partial charge in [0.05, 0.1) is 0 Å². The Morgan fingerprint density at radius 2 is 2.05 bits per heavy atom. The lowest BCUT2D eigenvalue weighted by Crippen LogP contribution is -2.36. The van der Waals surface area contributed by atoms with Gasteiger partial charge in [0, 0.05) is 38.1 Å². The van der Waals surface area contributed by atoms with Gasteiger partial charge in [0.15, 0.2) is 0 Å². The SMILES string of the molecule is CC(C)(C)C(=O)NCCCC(=O)N1CCC(CCO)C1. The molecule has 2 amide bonds. The molecule has 0 spiro atoms. The van der Waals surface area contributed by atoms with Crippen LogP contribution in [0.15, 0.2) is 0 Å². The van der Waals surface area contributed by atoms with E-state index in [2.05, 4.69) is 5.32 Å². The molecule has 0 bridgehead atoms. The Labute approximate surface area is 121 Å². The summed E-state index contributed by atoms with van der Waals surface area (Å²) in [6.07, 6.45) is 2.94. The first-order valence-electron chi connectivity index (χ1n) is 7.51. The predicted molar refractivity (Wildman–Crippen MR) is 78.1 cm³/mol. The molecule has 1 unspecified atom stereocenters. The van der Waals surface area contributed by atoms with Crippen LogP contribution >= 0.6 is 0 Å². The standard InChI is InChI=1S/C15H28N2O3/c1-15(2,3)14(20)16-8-4-5-13(19)17-9-6-12(11-17)7-10-18/h12,18H,4-11H2,1-3H3,(H,16,20). The van der Waals surface area contributed by atoms with E-state index in [-0.39, 0.29) is 23.8 Å². The van der Waals surface area contributed by atoms with Gasteiger partial charge >= 0.3 is 0 Å². The van der Waals surface area contributed by atoms with Gasteiger partial charge in [-0.15, -0.1) is 0 Å². The van der Waals surface area contributed by atoms with E-state index >= 15 is 0 Å². The van der Waals surface area contributed by atoms with Crippen LogP contribution in [0.1, 0.15) is 46.5 Å². The lowest BCUT2D eigenvalue weighted by atomic mass is 9.96. The number of aliphatic hydroxyl groups is 1. The molecule has 1 aliphatic heterocycles. The van der Waals surface area contributed by atoms with Crippen LogP contribution in [0.3, 0.4) is 0 Å². The third kappa shape index (κ3) is 5.49. The number of likely N-dealkylation sites (tertiary alicyclic amines) is 1. The number of nitrogens with zero attached hydrogens (tertiary/aromatic N) is 1. The number of aliphatic hydroxyl groups excluding tert-OH is 1. The van der Waals surface area contributed by atoms with E-state index in [1.807, 2.05) is 25.7 Å². The van der Waals surface area contributed by atoms with E-state index < -0.39 is 0 Å². The predicted octanol–water partition coefficient (Wildman–Crippen LogP) is 1.16. The quantitative estimate of drug-likeness (QED) is 0.719. The van der Waals surface area contributed by atoms with E-state index in [4.69, 9.17) is 5.11 Å². The largest absolute Gasteiger partial charge is 0.396 e. The molecule has 1 saturated heterocycles. The number of rotatable bonds is 6. The number of carbonyl (C=O) groups is 2. The van der Waals surface area contributed by atoms with Gasteiger partial charge < -0.3 is 15.3 Å². The van der Waals surface area contributed by atoms with Crippen LogP contribution in [0.25, 0.3) is 0 Å². The molecule has 5 nitrogen and oxygen atoms in total. The molecule has 0 aromatic rings. The third-order valence-corrected chi connectivity index (χ3v) is 3.71. The fourth-order valence-electron chi connectivity index (χ4n) is 2.34. The Kier molecular flexibility index (Phi) is 6.46. The number of amides is 2. The lowest BCUT2D eigenvalue weighted by molar-refractivity contribution is -0.131. The van der Waals surface area contributed by atoms with Gasteiger partial charge in [-0.05, 0) is 25.2 Å². The normalized spacial score (nSPS) is 19.2. The van der Waals surface area contributed by atoms with Crippen LogP contribution in [0.5, 0.6) is 0 Å². The first-order valence-corrected chi connectivity index (χ1v) is 7.51. The van der Waals surface area contributed by atoms with Crippen LogP contribution in [0, 0.1) is 11.3 Å². The van der Waals surface area contributed by atoms with Crippen molar-refractivity contribution in [2.75, 3.05) is 26.2 Å². The molecule has 0 radical (unpaired) electrons. The van der Waals surface area contributed by atoms with Crippen molar-refractivity contribution in [2.24, 2.45) is 11.3 Å². The monoisotopic (exact) mass is 284 g/mol. The van der Waals surface area contributed by atoms with Crippen LogP contribution in [-0.4, -0.2) is 48.1 Å². The van der Waals surface area contributed by atoms with Gasteiger partial charge in [-0.3, -0.25) is 9.59 Å². The van der Waals surface area contributed by atoms with Crippen LogP contribution in [-0.2, 0) is 9.59 Å². The van der Waals surface area contributed by atoms with E-state index in [1.54, 1.807) is 0 Å². The molecule has 0 aliphatic carbocycles. The van der Waals surface area contributed by atoms with Gasteiger partial charge in [0.25, 0.3) is 0 Å².